The maximum atomic E-state index is 11.9. The lowest BCUT2D eigenvalue weighted by Crippen LogP contribution is -2.45. The zero-order chi connectivity index (χ0) is 14.2. The van der Waals surface area contributed by atoms with Crippen molar-refractivity contribution in [3.05, 3.63) is 24.8 Å². The smallest absolute Gasteiger partial charge is 0.309 e. The summed E-state index contributed by atoms with van der Waals surface area (Å²) in [6, 6.07) is 0. The second kappa shape index (κ2) is 5.12. The quantitative estimate of drug-likeness (QED) is 0.578. The number of ether oxygens (including phenoxy) is 2. The standard InChI is InChI=1S/C16H24O3/c1-6-16(4)8-7-12-11(3)15(17)19-14(12)13(16)10(2)9-18-5/h6,11-14H,1-2,7-9H2,3-5H3/t11-,12-,13+,14-,16+/m0/s1. The largest absolute Gasteiger partial charge is 0.461 e. The monoisotopic (exact) mass is 264 g/mol. The minimum absolute atomic E-state index is 0.00258. The molecule has 1 saturated heterocycles. The van der Waals surface area contributed by atoms with Gasteiger partial charge in [0.2, 0.25) is 0 Å². The summed E-state index contributed by atoms with van der Waals surface area (Å²) in [7, 11) is 1.67. The highest BCUT2D eigenvalue weighted by Crippen LogP contribution is 2.52. The molecule has 3 nitrogen and oxygen atoms in total. The summed E-state index contributed by atoms with van der Waals surface area (Å²) >= 11 is 0. The molecule has 0 spiro atoms. The van der Waals surface area contributed by atoms with E-state index < -0.39 is 0 Å². The molecule has 0 bridgehead atoms. The zero-order valence-corrected chi connectivity index (χ0v) is 12.1. The van der Waals surface area contributed by atoms with E-state index in [1.807, 2.05) is 13.0 Å². The van der Waals surface area contributed by atoms with E-state index >= 15 is 0 Å². The van der Waals surface area contributed by atoms with Gasteiger partial charge in [0.15, 0.2) is 0 Å². The van der Waals surface area contributed by atoms with Crippen molar-refractivity contribution in [3.8, 4) is 0 Å². The molecule has 0 radical (unpaired) electrons. The molecule has 1 heterocycles. The Kier molecular flexibility index (Phi) is 3.86. The number of rotatable bonds is 4. The minimum Gasteiger partial charge on any atom is -0.461 e. The lowest BCUT2D eigenvalue weighted by molar-refractivity contribution is -0.147. The van der Waals surface area contributed by atoms with Gasteiger partial charge in [-0.15, -0.1) is 6.58 Å². The van der Waals surface area contributed by atoms with Crippen LogP contribution in [0.2, 0.25) is 0 Å². The molecule has 1 saturated carbocycles. The third-order valence-corrected chi connectivity index (χ3v) is 4.98. The van der Waals surface area contributed by atoms with Crippen LogP contribution in [-0.4, -0.2) is 25.8 Å². The summed E-state index contributed by atoms with van der Waals surface area (Å²) in [4.78, 5) is 11.9. The maximum Gasteiger partial charge on any atom is 0.309 e. The Hall–Kier alpha value is -1.09. The van der Waals surface area contributed by atoms with E-state index in [-0.39, 0.29) is 29.3 Å². The average Bonchev–Trinajstić information content (AvgIpc) is 2.65. The Bertz CT molecular complexity index is 401. The second-order valence-corrected chi connectivity index (χ2v) is 6.17. The highest BCUT2D eigenvalue weighted by atomic mass is 16.6. The Morgan fingerprint density at radius 3 is 2.89 bits per heavy atom. The van der Waals surface area contributed by atoms with Gasteiger partial charge in [0.05, 0.1) is 12.5 Å². The van der Waals surface area contributed by atoms with Crippen molar-refractivity contribution in [1.29, 1.82) is 0 Å². The number of fused-ring (bicyclic) bond motifs is 1. The zero-order valence-electron chi connectivity index (χ0n) is 12.1. The number of carbonyl (C=O) groups is 1. The van der Waals surface area contributed by atoms with Crippen molar-refractivity contribution in [2.75, 3.05) is 13.7 Å². The third kappa shape index (κ3) is 2.25. The van der Waals surface area contributed by atoms with Crippen molar-refractivity contribution in [2.45, 2.75) is 32.8 Å². The first-order valence-electron chi connectivity index (χ1n) is 6.95. The van der Waals surface area contributed by atoms with Crippen LogP contribution in [0.15, 0.2) is 24.8 Å². The van der Waals surface area contributed by atoms with Gasteiger partial charge in [-0.25, -0.2) is 0 Å². The van der Waals surface area contributed by atoms with E-state index in [0.29, 0.717) is 12.5 Å². The molecule has 19 heavy (non-hydrogen) atoms. The Labute approximate surface area is 115 Å². The van der Waals surface area contributed by atoms with Crippen molar-refractivity contribution in [3.63, 3.8) is 0 Å². The highest BCUT2D eigenvalue weighted by molar-refractivity contribution is 5.75. The SMILES string of the molecule is C=C[C@]1(C)CC[C@@H]2[C@H](OC(=O)[C@H]2C)[C@H]1C(=C)COC. The summed E-state index contributed by atoms with van der Waals surface area (Å²) in [6.07, 6.45) is 3.95. The van der Waals surface area contributed by atoms with Crippen LogP contribution in [0.3, 0.4) is 0 Å². The van der Waals surface area contributed by atoms with E-state index in [4.69, 9.17) is 9.47 Å². The maximum absolute atomic E-state index is 11.9. The first-order valence-corrected chi connectivity index (χ1v) is 6.95. The first kappa shape index (κ1) is 14.3. The lowest BCUT2D eigenvalue weighted by atomic mass is 9.59. The normalized spacial score (nSPS) is 41.5. The van der Waals surface area contributed by atoms with Crippen LogP contribution in [-0.2, 0) is 14.3 Å². The molecule has 0 unspecified atom stereocenters. The van der Waals surface area contributed by atoms with Crippen LogP contribution in [0.1, 0.15) is 26.7 Å². The molecular weight excluding hydrogens is 240 g/mol. The highest BCUT2D eigenvalue weighted by Gasteiger charge is 2.54. The van der Waals surface area contributed by atoms with E-state index in [1.165, 1.54) is 0 Å². The fourth-order valence-electron chi connectivity index (χ4n) is 3.73. The van der Waals surface area contributed by atoms with Gasteiger partial charge in [0.1, 0.15) is 6.10 Å². The van der Waals surface area contributed by atoms with Crippen LogP contribution >= 0.6 is 0 Å². The van der Waals surface area contributed by atoms with Gasteiger partial charge in [-0.1, -0.05) is 26.5 Å². The minimum atomic E-state index is -0.0708. The Balaban J connectivity index is 2.33. The average molecular weight is 264 g/mol. The van der Waals surface area contributed by atoms with Gasteiger partial charge in [0, 0.05) is 18.9 Å². The van der Waals surface area contributed by atoms with Gasteiger partial charge in [-0.05, 0) is 23.8 Å². The number of hydrogen-bond donors (Lipinski definition) is 0. The molecule has 5 atom stereocenters. The number of esters is 1. The summed E-state index contributed by atoms with van der Waals surface area (Å²) < 4.78 is 10.9. The molecular formula is C16H24O3. The fourth-order valence-corrected chi connectivity index (χ4v) is 3.73. The summed E-state index contributed by atoms with van der Waals surface area (Å²) in [5.41, 5.74) is 0.933. The topological polar surface area (TPSA) is 35.5 Å². The van der Waals surface area contributed by atoms with Crippen molar-refractivity contribution < 1.29 is 14.3 Å². The van der Waals surface area contributed by atoms with Crippen LogP contribution < -0.4 is 0 Å². The van der Waals surface area contributed by atoms with Crippen LogP contribution in [0.25, 0.3) is 0 Å². The predicted octanol–water partition coefficient (Wildman–Crippen LogP) is 2.97. The summed E-state index contributed by atoms with van der Waals surface area (Å²) in [5.74, 6) is 0.340. The molecule has 2 fully saturated rings. The van der Waals surface area contributed by atoms with Gasteiger partial charge in [-0.2, -0.15) is 0 Å². The molecule has 106 valence electrons. The Morgan fingerprint density at radius 2 is 2.32 bits per heavy atom. The Morgan fingerprint density at radius 1 is 1.63 bits per heavy atom. The van der Waals surface area contributed by atoms with E-state index in [1.54, 1.807) is 7.11 Å². The fraction of sp³-hybridized carbons (Fsp3) is 0.688. The van der Waals surface area contributed by atoms with E-state index in [2.05, 4.69) is 20.1 Å². The molecule has 2 rings (SSSR count). The van der Waals surface area contributed by atoms with Gasteiger partial charge >= 0.3 is 5.97 Å². The van der Waals surface area contributed by atoms with E-state index in [0.717, 1.165) is 18.4 Å². The molecule has 1 aliphatic heterocycles. The lowest BCUT2D eigenvalue weighted by Gasteiger charge is -2.46. The van der Waals surface area contributed by atoms with Crippen molar-refractivity contribution in [2.24, 2.45) is 23.2 Å². The first-order chi connectivity index (χ1) is 8.94. The number of carbonyl (C=O) groups excluding carboxylic acids is 1. The van der Waals surface area contributed by atoms with Gasteiger partial charge in [-0.3, -0.25) is 4.79 Å². The van der Waals surface area contributed by atoms with Gasteiger partial charge in [0.25, 0.3) is 0 Å². The van der Waals surface area contributed by atoms with Crippen LogP contribution in [0.4, 0.5) is 0 Å². The molecule has 2 aliphatic rings. The summed E-state index contributed by atoms with van der Waals surface area (Å²) in [5, 5.41) is 0. The molecule has 0 amide bonds. The van der Waals surface area contributed by atoms with E-state index in [9.17, 15) is 4.79 Å². The molecule has 0 aromatic heterocycles. The van der Waals surface area contributed by atoms with Crippen molar-refractivity contribution >= 4 is 5.97 Å². The molecule has 0 aromatic carbocycles. The molecule has 3 heteroatoms. The number of allylic oxidation sites excluding steroid dienone is 1. The number of methoxy groups -OCH3 is 1. The molecule has 0 N–H and O–H groups in total. The molecule has 1 aliphatic carbocycles. The molecule has 0 aromatic rings. The summed E-state index contributed by atoms with van der Waals surface area (Å²) in [6.45, 7) is 12.8. The second-order valence-electron chi connectivity index (χ2n) is 6.17. The number of hydrogen-bond acceptors (Lipinski definition) is 3. The van der Waals surface area contributed by atoms with Crippen molar-refractivity contribution in [1.82, 2.24) is 0 Å². The predicted molar refractivity (Wildman–Crippen MR) is 74.6 cm³/mol. The van der Waals surface area contributed by atoms with Crippen LogP contribution in [0.5, 0.6) is 0 Å². The van der Waals surface area contributed by atoms with Crippen LogP contribution in [0, 0.1) is 23.2 Å². The third-order valence-electron chi connectivity index (χ3n) is 4.98. The van der Waals surface area contributed by atoms with Gasteiger partial charge < -0.3 is 9.47 Å².